The van der Waals surface area contributed by atoms with Crippen LogP contribution in [-0.2, 0) is 0 Å². The largest absolute Gasteiger partial charge is 0.103 e. The molecule has 0 bridgehead atoms. The van der Waals surface area contributed by atoms with Crippen molar-refractivity contribution in [1.29, 1.82) is 0 Å². The molecule has 0 heterocycles. The monoisotopic (exact) mass is 132 g/mol. The summed E-state index contributed by atoms with van der Waals surface area (Å²) in [6.45, 7) is 0. The maximum Gasteiger partial charge on any atom is 0.0198 e. The van der Waals surface area contributed by atoms with E-state index in [4.69, 9.17) is 0 Å². The summed E-state index contributed by atoms with van der Waals surface area (Å²) < 4.78 is 0. The fourth-order valence-electron chi connectivity index (χ4n) is 0.905. The van der Waals surface area contributed by atoms with E-state index in [2.05, 4.69) is 23.7 Å². The lowest BCUT2D eigenvalue weighted by Gasteiger charge is -1.90. The van der Waals surface area contributed by atoms with E-state index in [1.807, 2.05) is 0 Å². The van der Waals surface area contributed by atoms with E-state index < -0.39 is 0 Å². The molecule has 0 unspecified atom stereocenters. The van der Waals surface area contributed by atoms with E-state index in [0.29, 0.717) is 0 Å². The SMILES string of the molecule is C1#CCCCCC#CCC1. The molecule has 0 aromatic heterocycles. The molecule has 0 heteroatoms. The van der Waals surface area contributed by atoms with Gasteiger partial charge in [0.15, 0.2) is 0 Å². The van der Waals surface area contributed by atoms with Gasteiger partial charge in [-0.25, -0.2) is 0 Å². The molecule has 0 fully saturated rings. The second kappa shape index (κ2) is 4.95. The van der Waals surface area contributed by atoms with Gasteiger partial charge in [0.05, 0.1) is 0 Å². The van der Waals surface area contributed by atoms with Gasteiger partial charge >= 0.3 is 0 Å². The third-order valence-corrected chi connectivity index (χ3v) is 1.48. The lowest BCUT2D eigenvalue weighted by atomic mass is 10.1. The molecule has 0 spiro atoms. The standard InChI is InChI=1S/C10H12/c1-2-4-6-8-10-9-7-5-3-1/h1-4,9-10H2. The van der Waals surface area contributed by atoms with Crippen LogP contribution in [0, 0.1) is 23.7 Å². The van der Waals surface area contributed by atoms with Crippen molar-refractivity contribution >= 4 is 0 Å². The summed E-state index contributed by atoms with van der Waals surface area (Å²) in [5.74, 6) is 12.5. The number of rotatable bonds is 0. The van der Waals surface area contributed by atoms with Gasteiger partial charge in [0.1, 0.15) is 0 Å². The Hall–Kier alpha value is -0.880. The van der Waals surface area contributed by atoms with Crippen LogP contribution in [0.4, 0.5) is 0 Å². The molecule has 0 saturated heterocycles. The predicted octanol–water partition coefficient (Wildman–Crippen LogP) is 2.35. The average Bonchev–Trinajstić information content (AvgIpc) is 2.01. The summed E-state index contributed by atoms with van der Waals surface area (Å²) in [6.07, 6.45) is 6.52. The lowest BCUT2D eigenvalue weighted by Crippen LogP contribution is -1.76. The molecule has 1 aliphatic carbocycles. The second-order valence-corrected chi connectivity index (χ2v) is 2.41. The highest BCUT2D eigenvalue weighted by atomic mass is 13.9. The summed E-state index contributed by atoms with van der Waals surface area (Å²) >= 11 is 0. The Labute approximate surface area is 63.0 Å². The average molecular weight is 132 g/mol. The molecule has 1 rings (SSSR count). The first-order valence-corrected chi connectivity index (χ1v) is 3.91. The molecule has 0 N–H and O–H groups in total. The number of hydrogen-bond acceptors (Lipinski definition) is 0. The van der Waals surface area contributed by atoms with E-state index in [1.165, 1.54) is 12.8 Å². The minimum atomic E-state index is 0.965. The Morgan fingerprint density at radius 3 is 1.40 bits per heavy atom. The quantitative estimate of drug-likeness (QED) is 0.444. The van der Waals surface area contributed by atoms with Crippen LogP contribution in [0.5, 0.6) is 0 Å². The fraction of sp³-hybridized carbons (Fsp3) is 0.600. The fourth-order valence-corrected chi connectivity index (χ4v) is 0.905. The minimum Gasteiger partial charge on any atom is -0.103 e. The molecule has 1 aliphatic rings. The van der Waals surface area contributed by atoms with Crippen LogP contribution in [0.3, 0.4) is 0 Å². The molecule has 0 radical (unpaired) electrons. The van der Waals surface area contributed by atoms with Crippen molar-refractivity contribution in [2.24, 2.45) is 0 Å². The molecule has 0 nitrogen and oxygen atoms in total. The molecule has 0 atom stereocenters. The Morgan fingerprint density at radius 2 is 0.900 bits per heavy atom. The maximum atomic E-state index is 3.14. The maximum absolute atomic E-state index is 3.14. The van der Waals surface area contributed by atoms with E-state index in [0.717, 1.165) is 25.7 Å². The van der Waals surface area contributed by atoms with E-state index in [-0.39, 0.29) is 0 Å². The van der Waals surface area contributed by atoms with Crippen LogP contribution in [0.25, 0.3) is 0 Å². The predicted molar refractivity (Wildman–Crippen MR) is 43.3 cm³/mol. The van der Waals surface area contributed by atoms with Crippen molar-refractivity contribution in [2.75, 3.05) is 0 Å². The minimum absolute atomic E-state index is 0.965. The van der Waals surface area contributed by atoms with Crippen LogP contribution in [-0.4, -0.2) is 0 Å². The highest BCUT2D eigenvalue weighted by Gasteiger charge is 1.84. The van der Waals surface area contributed by atoms with Crippen molar-refractivity contribution in [2.45, 2.75) is 38.5 Å². The zero-order valence-corrected chi connectivity index (χ0v) is 6.24. The van der Waals surface area contributed by atoms with Gasteiger partial charge < -0.3 is 0 Å². The van der Waals surface area contributed by atoms with Crippen LogP contribution in [0.15, 0.2) is 0 Å². The van der Waals surface area contributed by atoms with Gasteiger partial charge in [-0.2, -0.15) is 0 Å². The first-order valence-electron chi connectivity index (χ1n) is 3.91. The normalized spacial score (nSPS) is 17.6. The Bertz CT molecular complexity index is 168. The molecule has 52 valence electrons. The van der Waals surface area contributed by atoms with Crippen molar-refractivity contribution < 1.29 is 0 Å². The summed E-state index contributed by atoms with van der Waals surface area (Å²) in [5, 5.41) is 0. The summed E-state index contributed by atoms with van der Waals surface area (Å²) in [4.78, 5) is 0. The van der Waals surface area contributed by atoms with Gasteiger partial charge in [-0.3, -0.25) is 0 Å². The van der Waals surface area contributed by atoms with E-state index >= 15 is 0 Å². The first kappa shape index (κ1) is 7.23. The van der Waals surface area contributed by atoms with E-state index in [1.54, 1.807) is 0 Å². The van der Waals surface area contributed by atoms with Crippen molar-refractivity contribution in [3.63, 3.8) is 0 Å². The van der Waals surface area contributed by atoms with Crippen molar-refractivity contribution in [1.82, 2.24) is 0 Å². The summed E-state index contributed by atoms with van der Waals surface area (Å²) in [5.41, 5.74) is 0. The molecule has 0 aromatic rings. The van der Waals surface area contributed by atoms with Crippen molar-refractivity contribution in [3.8, 4) is 23.7 Å². The third kappa shape index (κ3) is 3.21. The second-order valence-electron chi connectivity index (χ2n) is 2.41. The molecule has 0 aromatic carbocycles. The van der Waals surface area contributed by atoms with Crippen LogP contribution in [0.2, 0.25) is 0 Å². The molecule has 0 aliphatic heterocycles. The third-order valence-electron chi connectivity index (χ3n) is 1.48. The molecule has 10 heavy (non-hydrogen) atoms. The van der Waals surface area contributed by atoms with Crippen LogP contribution in [0.1, 0.15) is 38.5 Å². The Kier molecular flexibility index (Phi) is 3.58. The highest BCUT2D eigenvalue weighted by molar-refractivity contribution is 5.06. The Morgan fingerprint density at radius 1 is 0.500 bits per heavy atom. The van der Waals surface area contributed by atoms with Gasteiger partial charge in [0.2, 0.25) is 0 Å². The van der Waals surface area contributed by atoms with Crippen LogP contribution >= 0.6 is 0 Å². The zero-order chi connectivity index (χ0) is 7.07. The van der Waals surface area contributed by atoms with Gasteiger partial charge in [0.25, 0.3) is 0 Å². The summed E-state index contributed by atoms with van der Waals surface area (Å²) in [6, 6.07) is 0. The van der Waals surface area contributed by atoms with Crippen LogP contribution < -0.4 is 0 Å². The van der Waals surface area contributed by atoms with Crippen molar-refractivity contribution in [3.05, 3.63) is 0 Å². The first-order chi connectivity index (χ1) is 5.00. The number of hydrogen-bond donors (Lipinski definition) is 0. The highest BCUT2D eigenvalue weighted by Crippen LogP contribution is 1.99. The molecule has 0 saturated carbocycles. The van der Waals surface area contributed by atoms with Gasteiger partial charge in [-0.05, 0) is 12.8 Å². The summed E-state index contributed by atoms with van der Waals surface area (Å²) in [7, 11) is 0. The lowest BCUT2D eigenvalue weighted by molar-refractivity contribution is 0.780. The topological polar surface area (TPSA) is 0 Å². The van der Waals surface area contributed by atoms with E-state index in [9.17, 15) is 0 Å². The van der Waals surface area contributed by atoms with Gasteiger partial charge in [0, 0.05) is 25.7 Å². The molecule has 0 amide bonds. The van der Waals surface area contributed by atoms with Gasteiger partial charge in [-0.15, -0.1) is 23.7 Å². The van der Waals surface area contributed by atoms with Gasteiger partial charge in [-0.1, -0.05) is 0 Å². The Balaban J connectivity index is 2.32. The smallest absolute Gasteiger partial charge is 0.0198 e. The molecular weight excluding hydrogens is 120 g/mol. The zero-order valence-electron chi connectivity index (χ0n) is 6.24. The molecular formula is C10H12.